The highest BCUT2D eigenvalue weighted by atomic mass is 16.2. The molecule has 7 nitrogen and oxygen atoms in total. The van der Waals surface area contributed by atoms with Crippen LogP contribution in [-0.4, -0.2) is 37.3 Å². The number of likely N-dealkylation sites (tertiary alicyclic amines) is 1. The topological polar surface area (TPSA) is 83.9 Å². The van der Waals surface area contributed by atoms with Crippen LogP contribution in [0, 0.1) is 20.8 Å². The van der Waals surface area contributed by atoms with Gasteiger partial charge >= 0.3 is 0 Å². The summed E-state index contributed by atoms with van der Waals surface area (Å²) in [5.74, 6) is 1.71. The number of nitrogens with one attached hydrogen (secondary N) is 1. The molecule has 26 heavy (non-hydrogen) atoms. The van der Waals surface area contributed by atoms with E-state index in [2.05, 4.69) is 31.8 Å². The Bertz CT molecular complexity index is 815. The fraction of sp³-hybridized carbons (Fsp3) is 0.421. The third-order valence-corrected chi connectivity index (χ3v) is 4.35. The Morgan fingerprint density at radius 1 is 1.12 bits per heavy atom. The molecule has 0 spiro atoms. The van der Waals surface area contributed by atoms with Gasteiger partial charge < -0.3 is 10.2 Å². The molecular weight excluding hydrogens is 328 g/mol. The van der Waals surface area contributed by atoms with Crippen LogP contribution < -0.4 is 5.32 Å². The van der Waals surface area contributed by atoms with Crippen molar-refractivity contribution in [1.29, 1.82) is 0 Å². The number of anilines is 2. The highest BCUT2D eigenvalue weighted by molar-refractivity contribution is 5.87. The normalized spacial score (nSPS) is 17.0. The Morgan fingerprint density at radius 3 is 2.50 bits per heavy atom. The smallest absolute Gasteiger partial charge is 0.246 e. The van der Waals surface area contributed by atoms with E-state index in [0.29, 0.717) is 24.1 Å². The molecule has 0 aliphatic carbocycles. The molecular formula is C19H24N6O. The average molecular weight is 352 g/mol. The summed E-state index contributed by atoms with van der Waals surface area (Å²) in [4.78, 5) is 32.0. The highest BCUT2D eigenvalue weighted by Gasteiger charge is 2.29. The molecule has 1 fully saturated rings. The molecule has 3 rings (SSSR count). The number of hydrogen-bond acceptors (Lipinski definition) is 6. The molecule has 7 heteroatoms. The van der Waals surface area contributed by atoms with Gasteiger partial charge in [-0.25, -0.2) is 19.9 Å². The van der Waals surface area contributed by atoms with Gasteiger partial charge in [0.15, 0.2) is 5.82 Å². The molecule has 1 N–H and O–H groups in total. The number of amides is 1. The third kappa shape index (κ3) is 4.04. The minimum absolute atomic E-state index is 0.0769. The van der Waals surface area contributed by atoms with E-state index < -0.39 is 0 Å². The molecule has 0 aromatic carbocycles. The lowest BCUT2D eigenvalue weighted by molar-refractivity contribution is -0.129. The van der Waals surface area contributed by atoms with E-state index in [9.17, 15) is 4.79 Å². The van der Waals surface area contributed by atoms with Gasteiger partial charge in [0.2, 0.25) is 11.9 Å². The molecule has 0 unspecified atom stereocenters. The first-order chi connectivity index (χ1) is 12.5. The molecule has 3 heterocycles. The number of carbonyl (C=O) groups is 1. The van der Waals surface area contributed by atoms with Crippen LogP contribution in [0.5, 0.6) is 0 Å². The minimum Gasteiger partial charge on any atom is -0.329 e. The van der Waals surface area contributed by atoms with Gasteiger partial charge in [0, 0.05) is 29.7 Å². The van der Waals surface area contributed by atoms with Gasteiger partial charge in [0.1, 0.15) is 5.82 Å². The van der Waals surface area contributed by atoms with Crippen molar-refractivity contribution < 1.29 is 4.79 Å². The van der Waals surface area contributed by atoms with Crippen molar-refractivity contribution in [3.63, 3.8) is 0 Å². The lowest BCUT2D eigenvalue weighted by Gasteiger charge is -2.34. The molecule has 1 saturated heterocycles. The van der Waals surface area contributed by atoms with Crippen LogP contribution in [0.2, 0.25) is 0 Å². The summed E-state index contributed by atoms with van der Waals surface area (Å²) in [5.41, 5.74) is 2.61. The van der Waals surface area contributed by atoms with Crippen LogP contribution in [0.4, 0.5) is 11.8 Å². The summed E-state index contributed by atoms with van der Waals surface area (Å²) in [6.45, 7) is 10.1. The van der Waals surface area contributed by atoms with Crippen LogP contribution in [0.3, 0.4) is 0 Å². The number of carbonyl (C=O) groups excluding carboxylic acids is 1. The number of hydrogen-bond donors (Lipinski definition) is 1. The van der Waals surface area contributed by atoms with Crippen molar-refractivity contribution in [2.24, 2.45) is 0 Å². The first-order valence-electron chi connectivity index (χ1n) is 8.84. The number of nitrogens with zero attached hydrogens (tertiary/aromatic N) is 5. The van der Waals surface area contributed by atoms with Gasteiger partial charge in [-0.2, -0.15) is 0 Å². The summed E-state index contributed by atoms with van der Waals surface area (Å²) < 4.78 is 0. The summed E-state index contributed by atoms with van der Waals surface area (Å²) in [6, 6.07) is 3.64. The molecule has 2 aromatic heterocycles. The van der Waals surface area contributed by atoms with E-state index in [1.807, 2.05) is 37.8 Å². The van der Waals surface area contributed by atoms with E-state index >= 15 is 0 Å². The van der Waals surface area contributed by atoms with E-state index in [1.165, 1.54) is 6.08 Å². The quantitative estimate of drug-likeness (QED) is 0.851. The first-order valence-corrected chi connectivity index (χ1v) is 8.84. The van der Waals surface area contributed by atoms with Crippen LogP contribution in [0.15, 0.2) is 24.8 Å². The second kappa shape index (κ2) is 7.59. The van der Waals surface area contributed by atoms with Gasteiger partial charge in [-0.15, -0.1) is 0 Å². The van der Waals surface area contributed by atoms with Gasteiger partial charge in [-0.05, 0) is 52.2 Å². The SMILES string of the molecule is C=CC(=O)N1CCCC[C@H]1c1nc(C)cc(Nc2nc(C)cc(C)n2)n1. The molecule has 1 aliphatic rings. The Morgan fingerprint density at radius 2 is 1.81 bits per heavy atom. The Balaban J connectivity index is 1.91. The zero-order valence-corrected chi connectivity index (χ0v) is 15.5. The van der Waals surface area contributed by atoms with Crippen LogP contribution >= 0.6 is 0 Å². The lowest BCUT2D eigenvalue weighted by Crippen LogP contribution is -2.38. The maximum atomic E-state index is 12.2. The monoisotopic (exact) mass is 352 g/mol. The molecule has 0 radical (unpaired) electrons. The second-order valence-corrected chi connectivity index (χ2v) is 6.60. The highest BCUT2D eigenvalue weighted by Crippen LogP contribution is 2.30. The zero-order chi connectivity index (χ0) is 18.7. The van der Waals surface area contributed by atoms with Gasteiger partial charge in [-0.1, -0.05) is 6.58 Å². The maximum absolute atomic E-state index is 12.2. The van der Waals surface area contributed by atoms with Crippen LogP contribution in [0.25, 0.3) is 0 Å². The predicted octanol–water partition coefficient (Wildman–Crippen LogP) is 3.18. The van der Waals surface area contributed by atoms with Crippen LogP contribution in [0.1, 0.15) is 48.2 Å². The van der Waals surface area contributed by atoms with E-state index in [1.54, 1.807) is 0 Å². The minimum atomic E-state index is -0.130. The predicted molar refractivity (Wildman–Crippen MR) is 100 cm³/mol. The van der Waals surface area contributed by atoms with Gasteiger partial charge in [0.25, 0.3) is 0 Å². The van der Waals surface area contributed by atoms with Crippen molar-refractivity contribution in [3.8, 4) is 0 Å². The number of piperidine rings is 1. The fourth-order valence-corrected chi connectivity index (χ4v) is 3.28. The molecule has 0 saturated carbocycles. The maximum Gasteiger partial charge on any atom is 0.246 e. The molecule has 1 atom stereocenters. The number of rotatable bonds is 4. The molecule has 0 bridgehead atoms. The summed E-state index contributed by atoms with van der Waals surface area (Å²) in [6.07, 6.45) is 4.24. The van der Waals surface area contributed by atoms with Crippen molar-refractivity contribution in [3.05, 3.63) is 47.7 Å². The first kappa shape index (κ1) is 18.0. The summed E-state index contributed by atoms with van der Waals surface area (Å²) >= 11 is 0. The van der Waals surface area contributed by atoms with Gasteiger partial charge in [-0.3, -0.25) is 4.79 Å². The molecule has 1 amide bonds. The lowest BCUT2D eigenvalue weighted by atomic mass is 10.0. The van der Waals surface area contributed by atoms with Crippen molar-refractivity contribution in [2.45, 2.75) is 46.1 Å². The summed E-state index contributed by atoms with van der Waals surface area (Å²) in [5, 5.41) is 3.17. The average Bonchev–Trinajstić information content (AvgIpc) is 2.59. The van der Waals surface area contributed by atoms with Crippen molar-refractivity contribution in [2.75, 3.05) is 11.9 Å². The molecule has 136 valence electrons. The third-order valence-electron chi connectivity index (χ3n) is 4.35. The van der Waals surface area contributed by atoms with Gasteiger partial charge in [0.05, 0.1) is 6.04 Å². The number of aryl methyl sites for hydroxylation is 3. The van der Waals surface area contributed by atoms with E-state index in [0.717, 1.165) is 36.3 Å². The Kier molecular flexibility index (Phi) is 5.25. The Hall–Kier alpha value is -2.83. The van der Waals surface area contributed by atoms with Crippen molar-refractivity contribution in [1.82, 2.24) is 24.8 Å². The standard InChI is InChI=1S/C19H24N6O/c1-5-17(26)25-9-7-6-8-15(25)18-20-14(4)11-16(23-18)24-19-21-12(2)10-13(3)22-19/h5,10-11,15H,1,6-9H2,2-4H3,(H,20,21,22,23,24)/t15-/m0/s1. The molecule has 1 aliphatic heterocycles. The van der Waals surface area contributed by atoms with Crippen LogP contribution in [-0.2, 0) is 4.79 Å². The molecule has 2 aromatic rings. The fourth-order valence-electron chi connectivity index (χ4n) is 3.28. The van der Waals surface area contributed by atoms with E-state index in [4.69, 9.17) is 0 Å². The largest absolute Gasteiger partial charge is 0.329 e. The zero-order valence-electron chi connectivity index (χ0n) is 15.5. The van der Waals surface area contributed by atoms with E-state index in [-0.39, 0.29) is 11.9 Å². The second-order valence-electron chi connectivity index (χ2n) is 6.60. The Labute approximate surface area is 153 Å². The number of aromatic nitrogens is 4. The summed E-state index contributed by atoms with van der Waals surface area (Å²) in [7, 11) is 0. The van der Waals surface area contributed by atoms with Crippen molar-refractivity contribution >= 4 is 17.7 Å².